The number of hydrogen-bond donors (Lipinski definition) is 3. The number of urea groups is 1. The first-order valence-electron chi connectivity index (χ1n) is 7.46. The Labute approximate surface area is 149 Å². The molecule has 3 N–H and O–H groups in total. The second kappa shape index (κ2) is 7.30. The Hall–Kier alpha value is -1.95. The van der Waals surface area contributed by atoms with Crippen LogP contribution in [0.15, 0.2) is 36.4 Å². The van der Waals surface area contributed by atoms with Gasteiger partial charge in [0.25, 0.3) is 0 Å². The lowest BCUT2D eigenvalue weighted by Gasteiger charge is -2.14. The quantitative estimate of drug-likeness (QED) is 0.770. The van der Waals surface area contributed by atoms with E-state index in [4.69, 9.17) is 27.9 Å². The van der Waals surface area contributed by atoms with Gasteiger partial charge in [0.2, 0.25) is 0 Å². The zero-order valence-electron chi connectivity index (χ0n) is 12.7. The van der Waals surface area contributed by atoms with Gasteiger partial charge in [-0.3, -0.25) is 0 Å². The summed E-state index contributed by atoms with van der Waals surface area (Å²) in [6.45, 7) is 0.756. The summed E-state index contributed by atoms with van der Waals surface area (Å²) in [5.41, 5.74) is 2.34. The fourth-order valence-corrected chi connectivity index (χ4v) is 2.77. The predicted octanol–water partition coefficient (Wildman–Crippen LogP) is 3.78. The summed E-state index contributed by atoms with van der Waals surface area (Å²) in [4.78, 5) is 11.9. The fourth-order valence-electron chi connectivity index (χ4n) is 2.47. The third-order valence-electron chi connectivity index (χ3n) is 3.73. The third kappa shape index (κ3) is 3.93. The van der Waals surface area contributed by atoms with Crippen LogP contribution in [-0.2, 0) is 6.42 Å². The number of rotatable bonds is 4. The van der Waals surface area contributed by atoms with E-state index >= 15 is 0 Å². The molecule has 0 aliphatic carbocycles. The molecule has 1 aliphatic rings. The maximum Gasteiger partial charge on any atom is 0.319 e. The summed E-state index contributed by atoms with van der Waals surface area (Å²) in [7, 11) is 0. The number of halogens is 2. The standard InChI is InChI=1S/C17H16Cl2N2O3/c18-13-3-2-12(8-14(13)19)21-17(23)20-9-15(22)10-1-4-16-11(7-10)5-6-24-16/h1-4,7-8,15,22H,5-6,9H2,(H2,20,21,23)/t15-/m0/s1. The van der Waals surface area contributed by atoms with Crippen LogP contribution in [-0.4, -0.2) is 24.3 Å². The van der Waals surface area contributed by atoms with E-state index in [0.29, 0.717) is 22.3 Å². The summed E-state index contributed by atoms with van der Waals surface area (Å²) in [6, 6.07) is 9.92. The van der Waals surface area contributed by atoms with Crippen molar-refractivity contribution in [1.29, 1.82) is 0 Å². The van der Waals surface area contributed by atoms with Crippen molar-refractivity contribution in [1.82, 2.24) is 5.32 Å². The minimum Gasteiger partial charge on any atom is -0.493 e. The summed E-state index contributed by atoms with van der Waals surface area (Å²) < 4.78 is 5.43. The van der Waals surface area contributed by atoms with Gasteiger partial charge in [0.15, 0.2) is 0 Å². The molecule has 0 saturated carbocycles. The van der Waals surface area contributed by atoms with Crippen molar-refractivity contribution in [2.75, 3.05) is 18.5 Å². The molecule has 1 heterocycles. The molecule has 2 aromatic carbocycles. The minimum absolute atomic E-state index is 0.0901. The summed E-state index contributed by atoms with van der Waals surface area (Å²) in [6.07, 6.45) is 0.0386. The molecule has 0 unspecified atom stereocenters. The summed E-state index contributed by atoms with van der Waals surface area (Å²) in [5.74, 6) is 0.858. The first-order valence-corrected chi connectivity index (χ1v) is 8.22. The van der Waals surface area contributed by atoms with Crippen LogP contribution in [0.5, 0.6) is 5.75 Å². The molecule has 0 bridgehead atoms. The molecule has 2 aromatic rings. The Bertz CT molecular complexity index is 767. The number of fused-ring (bicyclic) bond motifs is 1. The molecule has 1 atom stereocenters. The largest absolute Gasteiger partial charge is 0.493 e. The number of carbonyl (C=O) groups is 1. The van der Waals surface area contributed by atoms with E-state index in [-0.39, 0.29) is 6.54 Å². The van der Waals surface area contributed by atoms with Crippen LogP contribution in [0.3, 0.4) is 0 Å². The number of aliphatic hydroxyl groups is 1. The van der Waals surface area contributed by atoms with Crippen molar-refractivity contribution >= 4 is 34.9 Å². The summed E-state index contributed by atoms with van der Waals surface area (Å²) in [5, 5.41) is 16.3. The number of nitrogens with one attached hydrogen (secondary N) is 2. The van der Waals surface area contributed by atoms with Gasteiger partial charge in [0.1, 0.15) is 5.75 Å². The Balaban J connectivity index is 1.54. The number of carbonyl (C=O) groups excluding carboxylic acids is 1. The molecular formula is C17H16Cl2N2O3. The van der Waals surface area contributed by atoms with Crippen molar-refractivity contribution in [3.05, 3.63) is 57.6 Å². The number of amides is 2. The molecule has 0 fully saturated rings. The normalized spacial score (nSPS) is 13.8. The van der Waals surface area contributed by atoms with Crippen molar-refractivity contribution in [2.24, 2.45) is 0 Å². The summed E-state index contributed by atoms with van der Waals surface area (Å²) >= 11 is 11.7. The molecule has 5 nitrogen and oxygen atoms in total. The topological polar surface area (TPSA) is 70.6 Å². The van der Waals surface area contributed by atoms with Crippen LogP contribution in [0.1, 0.15) is 17.2 Å². The average molecular weight is 367 g/mol. The molecule has 0 saturated heterocycles. The monoisotopic (exact) mass is 366 g/mol. The van der Waals surface area contributed by atoms with Gasteiger partial charge in [-0.2, -0.15) is 0 Å². The van der Waals surface area contributed by atoms with E-state index < -0.39 is 12.1 Å². The highest BCUT2D eigenvalue weighted by Gasteiger charge is 2.16. The van der Waals surface area contributed by atoms with E-state index in [1.807, 2.05) is 12.1 Å². The van der Waals surface area contributed by atoms with Gasteiger partial charge in [-0.15, -0.1) is 0 Å². The van der Waals surface area contributed by atoms with Crippen molar-refractivity contribution in [3.63, 3.8) is 0 Å². The zero-order chi connectivity index (χ0) is 17.1. The van der Waals surface area contributed by atoms with Gasteiger partial charge in [0, 0.05) is 18.7 Å². The molecule has 24 heavy (non-hydrogen) atoms. The van der Waals surface area contributed by atoms with Gasteiger partial charge in [-0.05, 0) is 41.5 Å². The Morgan fingerprint density at radius 1 is 1.21 bits per heavy atom. The lowest BCUT2D eigenvalue weighted by molar-refractivity contribution is 0.175. The number of anilines is 1. The minimum atomic E-state index is -0.796. The van der Waals surface area contributed by atoms with E-state index in [2.05, 4.69) is 10.6 Å². The van der Waals surface area contributed by atoms with Crippen molar-refractivity contribution in [2.45, 2.75) is 12.5 Å². The van der Waals surface area contributed by atoms with Crippen molar-refractivity contribution in [3.8, 4) is 5.75 Å². The Kier molecular flexibility index (Phi) is 5.14. The molecular weight excluding hydrogens is 351 g/mol. The van der Waals surface area contributed by atoms with Gasteiger partial charge >= 0.3 is 6.03 Å². The maximum absolute atomic E-state index is 11.9. The van der Waals surface area contributed by atoms with E-state index in [1.54, 1.807) is 24.3 Å². The van der Waals surface area contributed by atoms with Crippen LogP contribution in [0.2, 0.25) is 10.0 Å². The molecule has 3 rings (SSSR count). The molecule has 1 aliphatic heterocycles. The highest BCUT2D eigenvalue weighted by Crippen LogP contribution is 2.28. The number of hydrogen-bond acceptors (Lipinski definition) is 3. The highest BCUT2D eigenvalue weighted by molar-refractivity contribution is 6.42. The second-order valence-electron chi connectivity index (χ2n) is 5.45. The third-order valence-corrected chi connectivity index (χ3v) is 4.47. The van der Waals surface area contributed by atoms with Gasteiger partial charge in [-0.25, -0.2) is 4.79 Å². The molecule has 7 heteroatoms. The Morgan fingerprint density at radius 3 is 2.83 bits per heavy atom. The number of aliphatic hydroxyl groups excluding tert-OH is 1. The van der Waals surface area contributed by atoms with Gasteiger partial charge < -0.3 is 20.5 Å². The average Bonchev–Trinajstić information content (AvgIpc) is 3.03. The lowest BCUT2D eigenvalue weighted by Crippen LogP contribution is -2.32. The highest BCUT2D eigenvalue weighted by atomic mass is 35.5. The number of benzene rings is 2. The fraction of sp³-hybridized carbons (Fsp3) is 0.235. The lowest BCUT2D eigenvalue weighted by atomic mass is 10.0. The van der Waals surface area contributed by atoms with Crippen molar-refractivity contribution < 1.29 is 14.6 Å². The maximum atomic E-state index is 11.9. The number of ether oxygens (including phenoxy) is 1. The molecule has 0 aromatic heterocycles. The van der Waals surface area contributed by atoms with Crippen LogP contribution in [0.25, 0.3) is 0 Å². The van der Waals surface area contributed by atoms with Crippen LogP contribution in [0.4, 0.5) is 10.5 Å². The molecule has 2 amide bonds. The molecule has 0 spiro atoms. The first-order chi connectivity index (χ1) is 11.5. The Morgan fingerprint density at radius 2 is 2.04 bits per heavy atom. The molecule has 126 valence electrons. The van der Waals surface area contributed by atoms with E-state index in [0.717, 1.165) is 23.3 Å². The first kappa shape index (κ1) is 16.9. The predicted molar refractivity (Wildman–Crippen MR) is 94.1 cm³/mol. The molecule has 0 radical (unpaired) electrons. The zero-order valence-corrected chi connectivity index (χ0v) is 14.2. The van der Waals surface area contributed by atoms with E-state index in [9.17, 15) is 9.90 Å². The second-order valence-corrected chi connectivity index (χ2v) is 6.26. The van der Waals surface area contributed by atoms with Crippen LogP contribution < -0.4 is 15.4 Å². The smallest absolute Gasteiger partial charge is 0.319 e. The van der Waals surface area contributed by atoms with Crippen LogP contribution >= 0.6 is 23.2 Å². The van der Waals surface area contributed by atoms with Gasteiger partial charge in [0.05, 0.1) is 22.8 Å². The van der Waals surface area contributed by atoms with Gasteiger partial charge in [-0.1, -0.05) is 29.3 Å². The van der Waals surface area contributed by atoms with Crippen LogP contribution in [0, 0.1) is 0 Å². The van der Waals surface area contributed by atoms with E-state index in [1.165, 1.54) is 0 Å². The SMILES string of the molecule is O=C(NC[C@H](O)c1ccc2c(c1)CCO2)Nc1ccc(Cl)c(Cl)c1.